The molecule has 0 saturated carbocycles. The fourth-order valence-electron chi connectivity index (χ4n) is 6.33. The lowest BCUT2D eigenvalue weighted by Gasteiger charge is -2.36. The molecule has 0 fully saturated rings. The molecule has 9 heteroatoms. The fourth-order valence-corrected chi connectivity index (χ4v) is 7.58. The van der Waals surface area contributed by atoms with Gasteiger partial charge in [-0.2, -0.15) is 0 Å². The molecule has 44 heavy (non-hydrogen) atoms. The number of carboxylic acid groups (broad SMARTS) is 2. The third kappa shape index (κ3) is 6.17. The molecular weight excluding hydrogens is 574 g/mol. The van der Waals surface area contributed by atoms with Gasteiger partial charge in [0.2, 0.25) is 0 Å². The van der Waals surface area contributed by atoms with Crippen LogP contribution < -0.4 is 10.6 Å². The number of benzene rings is 3. The highest BCUT2D eigenvalue weighted by atomic mass is 32.1. The number of thiophene rings is 1. The van der Waals surface area contributed by atoms with Gasteiger partial charge in [-0.1, -0.05) is 73.7 Å². The third-order valence-corrected chi connectivity index (χ3v) is 9.81. The van der Waals surface area contributed by atoms with Crippen molar-refractivity contribution in [3.05, 3.63) is 111 Å². The molecule has 2 heterocycles. The Morgan fingerprint density at radius 1 is 0.932 bits per heavy atom. The second-order valence-corrected chi connectivity index (χ2v) is 12.6. The van der Waals surface area contributed by atoms with E-state index in [1.807, 2.05) is 0 Å². The number of rotatable bonds is 10. The van der Waals surface area contributed by atoms with Crippen molar-refractivity contribution in [2.45, 2.75) is 51.7 Å². The van der Waals surface area contributed by atoms with E-state index in [9.17, 15) is 19.5 Å². The summed E-state index contributed by atoms with van der Waals surface area (Å²) in [4.78, 5) is 38.6. The van der Waals surface area contributed by atoms with Crippen molar-refractivity contribution >= 4 is 34.2 Å². The summed E-state index contributed by atoms with van der Waals surface area (Å²) in [6.45, 7) is 4.76. The number of aromatic carboxylic acids is 1. The summed E-state index contributed by atoms with van der Waals surface area (Å²) in [5, 5.41) is 25.1. The number of aliphatic carboxylic acids is 1. The Kier molecular flexibility index (Phi) is 8.61. The number of hydrogen-bond acceptors (Lipinski definition) is 6. The first-order chi connectivity index (χ1) is 21.3. The number of anilines is 1. The zero-order valence-corrected chi connectivity index (χ0v) is 25.4. The molecule has 1 aliphatic carbocycles. The summed E-state index contributed by atoms with van der Waals surface area (Å²) in [6.07, 6.45) is 3.30. The van der Waals surface area contributed by atoms with Crippen LogP contribution in [0.1, 0.15) is 55.5 Å². The van der Waals surface area contributed by atoms with Crippen LogP contribution in [-0.4, -0.2) is 52.1 Å². The van der Waals surface area contributed by atoms with Crippen LogP contribution >= 0.6 is 11.3 Å². The van der Waals surface area contributed by atoms with Crippen LogP contribution in [0.3, 0.4) is 0 Å². The topological polar surface area (TPSA) is 119 Å². The van der Waals surface area contributed by atoms with E-state index in [2.05, 4.69) is 89.2 Å². The highest BCUT2D eigenvalue weighted by molar-refractivity contribution is 7.17. The summed E-state index contributed by atoms with van der Waals surface area (Å²) in [5.41, 5.74) is 9.77. The normalized spacial score (nSPS) is 15.3. The average molecular weight is 610 g/mol. The van der Waals surface area contributed by atoms with Gasteiger partial charge in [0.1, 0.15) is 5.00 Å². The van der Waals surface area contributed by atoms with Crippen molar-refractivity contribution < 1.29 is 24.6 Å². The monoisotopic (exact) mass is 609 g/mol. The molecule has 0 saturated heterocycles. The van der Waals surface area contributed by atoms with E-state index in [4.69, 9.17) is 5.11 Å². The Morgan fingerprint density at radius 3 is 2.41 bits per heavy atom. The van der Waals surface area contributed by atoms with Gasteiger partial charge in [0, 0.05) is 30.6 Å². The van der Waals surface area contributed by atoms with E-state index in [0.29, 0.717) is 31.6 Å². The Balaban J connectivity index is 1.18. The molecule has 3 aromatic carbocycles. The molecule has 4 N–H and O–H groups in total. The van der Waals surface area contributed by atoms with Crippen molar-refractivity contribution in [2.24, 2.45) is 0 Å². The minimum Gasteiger partial charge on any atom is -0.478 e. The molecule has 1 atom stereocenters. The summed E-state index contributed by atoms with van der Waals surface area (Å²) in [6, 6.07) is 23.9. The van der Waals surface area contributed by atoms with Gasteiger partial charge in [-0.15, -0.1) is 11.3 Å². The number of carbonyl (C=O) groups is 3. The number of carbonyl (C=O) groups excluding carboxylic acids is 1. The second kappa shape index (κ2) is 12.7. The Morgan fingerprint density at radius 2 is 1.66 bits per heavy atom. The molecule has 4 aromatic rings. The molecule has 6 rings (SSSR count). The quantitative estimate of drug-likeness (QED) is 0.124. The molecule has 8 nitrogen and oxygen atoms in total. The van der Waals surface area contributed by atoms with E-state index in [-0.39, 0.29) is 16.6 Å². The van der Waals surface area contributed by atoms with Gasteiger partial charge in [-0.25, -0.2) is 9.59 Å². The van der Waals surface area contributed by atoms with Gasteiger partial charge < -0.3 is 20.8 Å². The maximum Gasteiger partial charge on any atom is 0.394 e. The number of nitrogens with one attached hydrogen (secondary N) is 2. The van der Waals surface area contributed by atoms with Crippen molar-refractivity contribution in [1.29, 1.82) is 0 Å². The van der Waals surface area contributed by atoms with Gasteiger partial charge in [-0.05, 0) is 76.7 Å². The number of aryl methyl sites for hydroxylation is 1. The van der Waals surface area contributed by atoms with Crippen LogP contribution in [0.2, 0.25) is 0 Å². The van der Waals surface area contributed by atoms with E-state index in [1.165, 1.54) is 38.9 Å². The van der Waals surface area contributed by atoms with E-state index in [0.717, 1.165) is 42.0 Å². The number of carboxylic acids is 2. The average Bonchev–Trinajstić information content (AvgIpc) is 3.56. The van der Waals surface area contributed by atoms with Crippen LogP contribution in [0, 0.1) is 0 Å². The summed E-state index contributed by atoms with van der Waals surface area (Å²) in [5.74, 6) is -4.07. The summed E-state index contributed by atoms with van der Waals surface area (Å²) >= 11 is 1.15. The number of amides is 1. The first kappa shape index (κ1) is 29.7. The van der Waals surface area contributed by atoms with Crippen LogP contribution in [0.5, 0.6) is 0 Å². The standard InChI is InChI=1S/C35H35N3O5S/c1-2-21-7-9-23(10-8-21)19-38-20-30-29(31(34(40)41)33(44-30)37-32(39)35(42)43)17-26(38)18-36-14-13-22-11-12-25-16-24-5-3-4-6-27(24)28(25)15-22/h3-12,15,26,36H,2,13-14,16-20H2,1H3,(H,37,39)(H,40,41)(H,42,43). The van der Waals surface area contributed by atoms with E-state index >= 15 is 0 Å². The van der Waals surface area contributed by atoms with Gasteiger partial charge in [0.25, 0.3) is 0 Å². The summed E-state index contributed by atoms with van der Waals surface area (Å²) < 4.78 is 0. The minimum absolute atomic E-state index is 0.00466. The number of nitrogens with zero attached hydrogens (tertiary/aromatic N) is 1. The predicted octanol–water partition coefficient (Wildman–Crippen LogP) is 5.36. The molecule has 1 aromatic heterocycles. The molecule has 0 radical (unpaired) electrons. The Hall–Kier alpha value is -4.31. The van der Waals surface area contributed by atoms with Crippen molar-refractivity contribution in [3.8, 4) is 11.1 Å². The minimum atomic E-state index is -1.65. The smallest absolute Gasteiger partial charge is 0.394 e. The molecule has 0 bridgehead atoms. The summed E-state index contributed by atoms with van der Waals surface area (Å²) in [7, 11) is 0. The lowest BCUT2D eigenvalue weighted by Crippen LogP contribution is -2.46. The zero-order valence-electron chi connectivity index (χ0n) is 24.6. The van der Waals surface area contributed by atoms with E-state index < -0.39 is 17.8 Å². The highest BCUT2D eigenvalue weighted by Gasteiger charge is 2.34. The maximum absolute atomic E-state index is 12.3. The molecule has 1 aliphatic heterocycles. The highest BCUT2D eigenvalue weighted by Crippen LogP contribution is 2.40. The molecule has 1 amide bonds. The van der Waals surface area contributed by atoms with Crippen molar-refractivity contribution in [3.63, 3.8) is 0 Å². The molecule has 2 aliphatic rings. The Labute approximate surface area is 260 Å². The van der Waals surface area contributed by atoms with Crippen LogP contribution in [0.15, 0.2) is 66.7 Å². The predicted molar refractivity (Wildman–Crippen MR) is 171 cm³/mol. The SMILES string of the molecule is CCc1ccc(CN2Cc3sc(NC(=O)C(=O)O)c(C(=O)O)c3CC2CNCCc2ccc3c(c2)-c2ccccc2C3)cc1. The lowest BCUT2D eigenvalue weighted by atomic mass is 9.95. The largest absolute Gasteiger partial charge is 0.478 e. The first-order valence-corrected chi connectivity index (χ1v) is 15.8. The lowest BCUT2D eigenvalue weighted by molar-refractivity contribution is -0.147. The fraction of sp³-hybridized carbons (Fsp3) is 0.286. The van der Waals surface area contributed by atoms with Gasteiger partial charge >= 0.3 is 17.8 Å². The molecule has 1 unspecified atom stereocenters. The van der Waals surface area contributed by atoms with E-state index in [1.54, 1.807) is 0 Å². The van der Waals surface area contributed by atoms with Gasteiger partial charge in [0.15, 0.2) is 0 Å². The number of hydrogen-bond donors (Lipinski definition) is 4. The van der Waals surface area contributed by atoms with Gasteiger partial charge in [-0.3, -0.25) is 9.69 Å². The van der Waals surface area contributed by atoms with Crippen molar-refractivity contribution in [1.82, 2.24) is 10.2 Å². The third-order valence-electron chi connectivity index (χ3n) is 8.68. The molecule has 226 valence electrons. The molecule has 0 spiro atoms. The molecular formula is C35H35N3O5S. The first-order valence-electron chi connectivity index (χ1n) is 15.0. The second-order valence-electron chi connectivity index (χ2n) is 11.5. The van der Waals surface area contributed by atoms with Crippen LogP contribution in [0.4, 0.5) is 5.00 Å². The van der Waals surface area contributed by atoms with Gasteiger partial charge in [0.05, 0.1) is 5.56 Å². The Bertz CT molecular complexity index is 1730. The number of fused-ring (bicyclic) bond motifs is 4. The van der Waals surface area contributed by atoms with Crippen LogP contribution in [0.25, 0.3) is 11.1 Å². The maximum atomic E-state index is 12.3. The van der Waals surface area contributed by atoms with Crippen molar-refractivity contribution in [2.75, 3.05) is 18.4 Å². The van der Waals surface area contributed by atoms with Crippen LogP contribution in [-0.2, 0) is 48.4 Å². The zero-order chi connectivity index (χ0) is 30.8.